The summed E-state index contributed by atoms with van der Waals surface area (Å²) >= 11 is 1.47. The molecule has 2 aromatic heterocycles. The van der Waals surface area contributed by atoms with E-state index in [2.05, 4.69) is 15.2 Å². The number of ether oxygens (including phenoxy) is 1. The number of rotatable bonds is 6. The zero-order valence-electron chi connectivity index (χ0n) is 16.6. The lowest BCUT2D eigenvalue weighted by atomic mass is 10.0. The smallest absolute Gasteiger partial charge is 0.156 e. The highest BCUT2D eigenvalue weighted by molar-refractivity contribution is 7.13. The highest BCUT2D eigenvalue weighted by Gasteiger charge is 2.21. The van der Waals surface area contributed by atoms with Crippen molar-refractivity contribution in [1.82, 2.24) is 15.2 Å². The maximum Gasteiger partial charge on any atom is 0.156 e. The van der Waals surface area contributed by atoms with Gasteiger partial charge in [-0.3, -0.25) is 5.10 Å². The Bertz CT molecular complexity index is 1180. The van der Waals surface area contributed by atoms with Crippen molar-refractivity contribution in [3.05, 3.63) is 64.4 Å². The van der Waals surface area contributed by atoms with E-state index in [0.29, 0.717) is 34.8 Å². The van der Waals surface area contributed by atoms with Gasteiger partial charge in [-0.25, -0.2) is 9.37 Å². The summed E-state index contributed by atoms with van der Waals surface area (Å²) in [5.41, 5.74) is 10.6. The number of hydrogen-bond donors (Lipinski definition) is 3. The van der Waals surface area contributed by atoms with Crippen molar-refractivity contribution < 1.29 is 14.2 Å². The van der Waals surface area contributed by atoms with E-state index < -0.39 is 0 Å². The van der Waals surface area contributed by atoms with Gasteiger partial charge in [-0.2, -0.15) is 5.10 Å². The molecule has 2 aromatic carbocycles. The van der Waals surface area contributed by atoms with Gasteiger partial charge in [0, 0.05) is 22.7 Å². The number of halogens is 1. The van der Waals surface area contributed by atoms with Gasteiger partial charge in [-0.15, -0.1) is 11.3 Å². The van der Waals surface area contributed by atoms with Gasteiger partial charge in [-0.05, 0) is 42.7 Å². The summed E-state index contributed by atoms with van der Waals surface area (Å²) < 4.78 is 19.0. The number of phenolic OH excluding ortho intramolecular Hbond substituents is 1. The molecule has 4 rings (SSSR count). The molecule has 0 saturated carbocycles. The number of H-pyrrole nitrogens is 1. The summed E-state index contributed by atoms with van der Waals surface area (Å²) in [6.07, 6.45) is 0.696. The number of aromatic hydroxyl groups is 1. The van der Waals surface area contributed by atoms with Crippen LogP contribution in [0.25, 0.3) is 21.8 Å². The second-order valence-electron chi connectivity index (χ2n) is 6.90. The van der Waals surface area contributed by atoms with Crippen molar-refractivity contribution >= 4 is 17.2 Å². The Kier molecular flexibility index (Phi) is 5.41. The van der Waals surface area contributed by atoms with Crippen molar-refractivity contribution in [3.63, 3.8) is 0 Å². The van der Waals surface area contributed by atoms with E-state index in [9.17, 15) is 9.50 Å². The van der Waals surface area contributed by atoms with Crippen LogP contribution in [0.1, 0.15) is 23.7 Å². The monoisotopic (exact) mass is 424 g/mol. The van der Waals surface area contributed by atoms with E-state index in [0.717, 1.165) is 21.8 Å². The van der Waals surface area contributed by atoms with E-state index >= 15 is 0 Å². The Labute approximate surface area is 177 Å². The molecule has 0 aliphatic carbocycles. The number of phenols is 1. The number of aromatic nitrogens is 3. The van der Waals surface area contributed by atoms with Crippen LogP contribution in [0.4, 0.5) is 10.2 Å². The molecule has 0 spiro atoms. The number of benzene rings is 2. The molecule has 8 heteroatoms. The van der Waals surface area contributed by atoms with Crippen LogP contribution in [0.2, 0.25) is 0 Å². The van der Waals surface area contributed by atoms with Crippen molar-refractivity contribution in [3.8, 4) is 33.3 Å². The standard InChI is InChI=1S/C22H21FN4O2S/c1-3-14-8-16(20-19(21(24)27-26-20)22-25-12(2)11-30-22)17(28)9-18(14)29-10-13-4-6-15(23)7-5-13/h4-9,11,28H,3,10H2,1-2H3,(H3,24,26,27). The molecule has 0 aliphatic heterocycles. The Balaban J connectivity index is 1.69. The van der Waals surface area contributed by atoms with Crippen LogP contribution >= 0.6 is 11.3 Å². The van der Waals surface area contributed by atoms with E-state index in [1.807, 2.05) is 25.3 Å². The van der Waals surface area contributed by atoms with Gasteiger partial charge in [0.05, 0.1) is 11.3 Å². The van der Waals surface area contributed by atoms with Crippen molar-refractivity contribution in [2.75, 3.05) is 5.73 Å². The minimum Gasteiger partial charge on any atom is -0.507 e. The zero-order chi connectivity index (χ0) is 21.3. The topological polar surface area (TPSA) is 97.1 Å². The first kappa shape index (κ1) is 19.9. The molecule has 0 bridgehead atoms. The summed E-state index contributed by atoms with van der Waals surface area (Å²) in [4.78, 5) is 4.50. The van der Waals surface area contributed by atoms with Crippen LogP contribution in [0, 0.1) is 12.7 Å². The Morgan fingerprint density at radius 1 is 1.23 bits per heavy atom. The summed E-state index contributed by atoms with van der Waals surface area (Å²) in [5, 5.41) is 20.5. The van der Waals surface area contributed by atoms with Crippen LogP contribution in [-0.2, 0) is 13.0 Å². The molecule has 154 valence electrons. The normalized spacial score (nSPS) is 11.0. The van der Waals surface area contributed by atoms with Gasteiger partial charge in [0.1, 0.15) is 28.9 Å². The van der Waals surface area contributed by atoms with Crippen molar-refractivity contribution in [1.29, 1.82) is 0 Å². The average Bonchev–Trinajstić information content (AvgIpc) is 3.32. The third-order valence-corrected chi connectivity index (χ3v) is 5.74. The van der Waals surface area contributed by atoms with Crippen molar-refractivity contribution in [2.24, 2.45) is 0 Å². The second kappa shape index (κ2) is 8.16. The lowest BCUT2D eigenvalue weighted by Crippen LogP contribution is -1.99. The molecule has 0 aliphatic rings. The predicted molar refractivity (Wildman–Crippen MR) is 116 cm³/mol. The number of nitrogen functional groups attached to an aromatic ring is 1. The highest BCUT2D eigenvalue weighted by Crippen LogP contribution is 2.42. The van der Waals surface area contributed by atoms with Crippen LogP contribution in [0.3, 0.4) is 0 Å². The number of nitrogens with two attached hydrogens (primary N) is 1. The summed E-state index contributed by atoms with van der Waals surface area (Å²) in [6, 6.07) is 9.59. The van der Waals surface area contributed by atoms with Crippen LogP contribution < -0.4 is 10.5 Å². The Morgan fingerprint density at radius 2 is 2.00 bits per heavy atom. The lowest BCUT2D eigenvalue weighted by molar-refractivity contribution is 0.301. The van der Waals surface area contributed by atoms with Gasteiger partial charge < -0.3 is 15.6 Å². The van der Waals surface area contributed by atoms with Crippen LogP contribution in [-0.4, -0.2) is 20.3 Å². The predicted octanol–water partition coefficient (Wildman–Crippen LogP) is 5.08. The van der Waals surface area contributed by atoms with E-state index in [1.54, 1.807) is 18.2 Å². The maximum atomic E-state index is 13.1. The molecule has 0 fully saturated rings. The first-order valence-electron chi connectivity index (χ1n) is 9.46. The summed E-state index contributed by atoms with van der Waals surface area (Å²) in [7, 11) is 0. The van der Waals surface area contributed by atoms with Gasteiger partial charge in [-0.1, -0.05) is 19.1 Å². The van der Waals surface area contributed by atoms with Crippen LogP contribution in [0.5, 0.6) is 11.5 Å². The van der Waals surface area contributed by atoms with Gasteiger partial charge in [0.2, 0.25) is 0 Å². The molecular weight excluding hydrogens is 403 g/mol. The Hall–Kier alpha value is -3.39. The lowest BCUT2D eigenvalue weighted by Gasteiger charge is -2.14. The molecule has 6 nitrogen and oxygen atoms in total. The number of anilines is 1. The first-order valence-corrected chi connectivity index (χ1v) is 10.3. The third kappa shape index (κ3) is 3.86. The molecule has 4 aromatic rings. The minimum atomic E-state index is -0.292. The number of hydrogen-bond acceptors (Lipinski definition) is 6. The highest BCUT2D eigenvalue weighted by atomic mass is 32.1. The quantitative estimate of drug-likeness (QED) is 0.401. The number of aryl methyl sites for hydroxylation is 2. The summed E-state index contributed by atoms with van der Waals surface area (Å²) in [6.45, 7) is 4.19. The van der Waals surface area contributed by atoms with Gasteiger partial charge >= 0.3 is 0 Å². The SMILES string of the molecule is CCc1cc(-c2[nH]nc(N)c2-c2nc(C)cs2)c(O)cc1OCc1ccc(F)cc1. The molecule has 0 amide bonds. The van der Waals surface area contributed by atoms with E-state index in [1.165, 1.54) is 23.5 Å². The molecule has 4 N–H and O–H groups in total. The van der Waals surface area contributed by atoms with Crippen LogP contribution in [0.15, 0.2) is 41.8 Å². The summed E-state index contributed by atoms with van der Waals surface area (Å²) in [5.74, 6) is 0.648. The second-order valence-corrected chi connectivity index (χ2v) is 7.76. The van der Waals surface area contributed by atoms with E-state index in [-0.39, 0.29) is 18.2 Å². The molecule has 30 heavy (non-hydrogen) atoms. The molecule has 0 unspecified atom stereocenters. The fourth-order valence-electron chi connectivity index (χ4n) is 3.20. The number of nitrogens with one attached hydrogen (secondary N) is 1. The maximum absolute atomic E-state index is 13.1. The van der Waals surface area contributed by atoms with E-state index in [4.69, 9.17) is 10.5 Å². The number of nitrogens with zero attached hydrogens (tertiary/aromatic N) is 2. The molecule has 0 atom stereocenters. The zero-order valence-corrected chi connectivity index (χ0v) is 17.4. The number of aromatic amines is 1. The van der Waals surface area contributed by atoms with Gasteiger partial charge in [0.15, 0.2) is 5.82 Å². The molecule has 2 heterocycles. The molecule has 0 radical (unpaired) electrons. The minimum absolute atomic E-state index is 0.0412. The van der Waals surface area contributed by atoms with Gasteiger partial charge in [0.25, 0.3) is 0 Å². The fraction of sp³-hybridized carbons (Fsp3) is 0.182. The first-order chi connectivity index (χ1) is 14.5. The molecule has 0 saturated heterocycles. The molecular formula is C22H21FN4O2S. The fourth-order valence-corrected chi connectivity index (χ4v) is 4.06. The Morgan fingerprint density at radius 3 is 2.67 bits per heavy atom. The third-order valence-electron chi connectivity index (χ3n) is 4.76. The van der Waals surface area contributed by atoms with Crippen molar-refractivity contribution in [2.45, 2.75) is 26.9 Å². The largest absolute Gasteiger partial charge is 0.507 e. The number of thiazole rings is 1. The average molecular weight is 425 g/mol.